The topological polar surface area (TPSA) is 86.6 Å². The Kier molecular flexibility index (Phi) is 6.00. The fraction of sp³-hybridized carbons (Fsp3) is 0.360. The number of unbranched alkanes of at least 4 members (excludes halogenated alkanes) is 1. The van der Waals surface area contributed by atoms with Crippen LogP contribution in [0.2, 0.25) is 5.02 Å². The van der Waals surface area contributed by atoms with Gasteiger partial charge in [0.2, 0.25) is 0 Å². The Hall–Kier alpha value is -3.03. The van der Waals surface area contributed by atoms with Crippen LogP contribution in [-0.4, -0.2) is 40.3 Å². The molecule has 1 unspecified atom stereocenters. The number of carbonyl (C=O) groups excluding carboxylic acids is 1. The van der Waals surface area contributed by atoms with Crippen LogP contribution in [0.3, 0.4) is 0 Å². The van der Waals surface area contributed by atoms with Gasteiger partial charge in [0.1, 0.15) is 0 Å². The number of aliphatic hydroxyl groups excluding tert-OH is 1. The van der Waals surface area contributed by atoms with Gasteiger partial charge in [-0.25, -0.2) is 4.79 Å². The summed E-state index contributed by atoms with van der Waals surface area (Å²) in [5, 5.41) is 17.0. The highest BCUT2D eigenvalue weighted by Gasteiger charge is 2.32. The molecule has 1 aromatic heterocycles. The molecular weight excluding hydrogens is 440 g/mol. The lowest BCUT2D eigenvalue weighted by Gasteiger charge is -2.32. The van der Waals surface area contributed by atoms with Crippen LogP contribution in [0.15, 0.2) is 58.8 Å². The number of aliphatic hydroxyl groups is 1. The van der Waals surface area contributed by atoms with E-state index in [-0.39, 0.29) is 24.1 Å². The second-order valence-corrected chi connectivity index (χ2v) is 9.18. The highest BCUT2D eigenvalue weighted by atomic mass is 35.5. The largest absolute Gasteiger partial charge is 0.396 e. The molecular formula is C25H27ClN4O3. The SMILES string of the molecule is O=C(NCCCCn1c(=O)c2c(c3cc(Cl)ccc31)C(CCO)C2)N1C=C2C=CNC=C2C1. The smallest absolute Gasteiger partial charge is 0.321 e. The molecule has 5 rings (SSSR count). The Labute approximate surface area is 197 Å². The fourth-order valence-corrected chi connectivity index (χ4v) is 5.15. The Morgan fingerprint density at radius 3 is 3.00 bits per heavy atom. The zero-order valence-electron chi connectivity index (χ0n) is 18.3. The third-order valence-corrected chi connectivity index (χ3v) is 6.91. The van der Waals surface area contributed by atoms with Crippen LogP contribution in [0, 0.1) is 0 Å². The van der Waals surface area contributed by atoms with Gasteiger partial charge in [-0.15, -0.1) is 0 Å². The number of hydrogen-bond acceptors (Lipinski definition) is 4. The first-order chi connectivity index (χ1) is 16.1. The van der Waals surface area contributed by atoms with Gasteiger partial charge in [-0.05, 0) is 72.6 Å². The number of fused-ring (bicyclic) bond motifs is 4. The van der Waals surface area contributed by atoms with Crippen LogP contribution < -0.4 is 16.2 Å². The van der Waals surface area contributed by atoms with Crippen LogP contribution in [0.25, 0.3) is 10.9 Å². The van der Waals surface area contributed by atoms with Gasteiger partial charge in [0.05, 0.1) is 12.1 Å². The van der Waals surface area contributed by atoms with Crippen LogP contribution in [0.1, 0.15) is 36.3 Å². The first-order valence-corrected chi connectivity index (χ1v) is 11.8. The van der Waals surface area contributed by atoms with Crippen molar-refractivity contribution in [2.75, 3.05) is 19.7 Å². The molecule has 1 atom stereocenters. The Morgan fingerprint density at radius 1 is 1.30 bits per heavy atom. The molecule has 7 nitrogen and oxygen atoms in total. The fourth-order valence-electron chi connectivity index (χ4n) is 4.97. The number of nitrogens with one attached hydrogen (secondary N) is 2. The van der Waals surface area contributed by atoms with Crippen molar-refractivity contribution >= 4 is 28.5 Å². The summed E-state index contributed by atoms with van der Waals surface area (Å²) in [6, 6.07) is 5.54. The summed E-state index contributed by atoms with van der Waals surface area (Å²) in [5.41, 5.74) is 4.99. The van der Waals surface area contributed by atoms with Gasteiger partial charge in [0.15, 0.2) is 0 Å². The predicted octanol–water partition coefficient (Wildman–Crippen LogP) is 3.37. The molecule has 0 radical (unpaired) electrons. The normalized spacial score (nSPS) is 18.2. The molecule has 2 amide bonds. The lowest BCUT2D eigenvalue weighted by atomic mass is 9.74. The standard InChI is InChI=1S/C25H27ClN4O3/c26-19-3-4-22-20(12-19)23-16(6-10-31)11-21(23)24(32)30(22)9-2-1-7-28-25(33)29-14-17-5-8-27-13-18(17)15-29/h3-5,8,12-14,16,27,31H,1-2,6-7,9-11,15H2,(H,28,33). The first-order valence-electron chi connectivity index (χ1n) is 11.4. The maximum atomic E-state index is 13.1. The highest BCUT2D eigenvalue weighted by Crippen LogP contribution is 2.41. The number of allylic oxidation sites excluding steroid dienone is 1. The number of nitrogens with zero attached hydrogens (tertiary/aromatic N) is 2. The number of dihydropyridines is 1. The van der Waals surface area contributed by atoms with Gasteiger partial charge in [0.25, 0.3) is 5.56 Å². The Bertz CT molecular complexity index is 1260. The summed E-state index contributed by atoms with van der Waals surface area (Å²) in [4.78, 5) is 27.3. The van der Waals surface area contributed by atoms with E-state index in [0.717, 1.165) is 46.0 Å². The minimum absolute atomic E-state index is 0.0549. The summed E-state index contributed by atoms with van der Waals surface area (Å²) in [7, 11) is 0. The van der Waals surface area contributed by atoms with Crippen molar-refractivity contribution in [2.45, 2.75) is 38.1 Å². The van der Waals surface area contributed by atoms with Crippen molar-refractivity contribution in [3.63, 3.8) is 0 Å². The molecule has 0 bridgehead atoms. The maximum absolute atomic E-state index is 13.1. The van der Waals surface area contributed by atoms with Crippen molar-refractivity contribution < 1.29 is 9.90 Å². The molecule has 172 valence electrons. The molecule has 33 heavy (non-hydrogen) atoms. The Balaban J connectivity index is 1.22. The number of aryl methyl sites for hydroxylation is 1. The van der Waals surface area contributed by atoms with E-state index < -0.39 is 0 Å². The second-order valence-electron chi connectivity index (χ2n) is 8.74. The Morgan fingerprint density at radius 2 is 2.18 bits per heavy atom. The monoisotopic (exact) mass is 466 g/mol. The van der Waals surface area contributed by atoms with E-state index in [0.29, 0.717) is 37.5 Å². The van der Waals surface area contributed by atoms with Crippen LogP contribution >= 0.6 is 11.6 Å². The number of amides is 2. The molecule has 0 saturated carbocycles. The molecule has 0 spiro atoms. The third-order valence-electron chi connectivity index (χ3n) is 6.67. The van der Waals surface area contributed by atoms with Crippen molar-refractivity contribution in [3.8, 4) is 0 Å². The van der Waals surface area contributed by atoms with E-state index in [9.17, 15) is 14.7 Å². The van der Waals surface area contributed by atoms with E-state index in [2.05, 4.69) is 10.6 Å². The van der Waals surface area contributed by atoms with Crippen molar-refractivity contribution in [2.24, 2.45) is 0 Å². The number of aromatic nitrogens is 1. The quantitative estimate of drug-likeness (QED) is 0.546. The van der Waals surface area contributed by atoms with E-state index in [1.807, 2.05) is 47.4 Å². The lowest BCUT2D eigenvalue weighted by molar-refractivity contribution is 0.219. The molecule has 1 aliphatic carbocycles. The predicted molar refractivity (Wildman–Crippen MR) is 129 cm³/mol. The zero-order valence-corrected chi connectivity index (χ0v) is 19.1. The number of hydrogen-bond donors (Lipinski definition) is 3. The van der Waals surface area contributed by atoms with E-state index in [1.165, 1.54) is 0 Å². The first kappa shape index (κ1) is 21.8. The van der Waals surface area contributed by atoms with Crippen molar-refractivity contribution in [1.82, 2.24) is 20.1 Å². The maximum Gasteiger partial charge on any atom is 0.321 e. The van der Waals surface area contributed by atoms with E-state index in [1.54, 1.807) is 4.90 Å². The van der Waals surface area contributed by atoms with Gasteiger partial charge >= 0.3 is 6.03 Å². The molecule has 8 heteroatoms. The summed E-state index contributed by atoms with van der Waals surface area (Å²) in [5.74, 6) is 0.218. The van der Waals surface area contributed by atoms with Crippen LogP contribution in [0.4, 0.5) is 4.79 Å². The molecule has 3 heterocycles. The number of benzene rings is 1. The number of halogens is 1. The molecule has 0 fully saturated rings. The van der Waals surface area contributed by atoms with Gasteiger partial charge < -0.3 is 20.3 Å². The molecule has 2 aromatic rings. The summed E-state index contributed by atoms with van der Waals surface area (Å²) in [6.45, 7) is 1.81. The van der Waals surface area contributed by atoms with Gasteiger partial charge in [0, 0.05) is 54.3 Å². The number of pyridine rings is 1. The molecule has 3 aliphatic rings. The summed E-state index contributed by atoms with van der Waals surface area (Å²) >= 11 is 6.26. The van der Waals surface area contributed by atoms with Gasteiger partial charge in [-0.1, -0.05) is 11.6 Å². The van der Waals surface area contributed by atoms with Crippen molar-refractivity contribution in [3.05, 3.63) is 80.5 Å². The number of carbonyl (C=O) groups is 1. The zero-order chi connectivity index (χ0) is 22.9. The summed E-state index contributed by atoms with van der Waals surface area (Å²) in [6.07, 6.45) is 10.5. The minimum Gasteiger partial charge on any atom is -0.396 e. The molecule has 1 aromatic carbocycles. The average molecular weight is 467 g/mol. The van der Waals surface area contributed by atoms with Crippen LogP contribution in [-0.2, 0) is 13.0 Å². The summed E-state index contributed by atoms with van der Waals surface area (Å²) < 4.78 is 1.84. The minimum atomic E-state index is -0.112. The van der Waals surface area contributed by atoms with Crippen molar-refractivity contribution in [1.29, 1.82) is 0 Å². The molecule has 0 saturated heterocycles. The second kappa shape index (κ2) is 9.08. The van der Waals surface area contributed by atoms with Crippen LogP contribution in [0.5, 0.6) is 0 Å². The lowest BCUT2D eigenvalue weighted by Crippen LogP contribution is -2.36. The third kappa shape index (κ3) is 4.07. The van der Waals surface area contributed by atoms with E-state index >= 15 is 0 Å². The van der Waals surface area contributed by atoms with Gasteiger partial charge in [-0.3, -0.25) is 9.69 Å². The average Bonchev–Trinajstić information content (AvgIpc) is 3.23. The highest BCUT2D eigenvalue weighted by molar-refractivity contribution is 6.31. The molecule has 2 aliphatic heterocycles. The number of urea groups is 1. The van der Waals surface area contributed by atoms with E-state index in [4.69, 9.17) is 11.6 Å². The molecule has 3 N–H and O–H groups in total. The van der Waals surface area contributed by atoms with Gasteiger partial charge in [-0.2, -0.15) is 0 Å². The number of rotatable bonds is 7.